The molecule has 0 unspecified atom stereocenters. The van der Waals surface area contributed by atoms with Crippen LogP contribution in [0.3, 0.4) is 0 Å². The molecule has 92 valence electrons. The number of rotatable bonds is 3. The van der Waals surface area contributed by atoms with Crippen molar-refractivity contribution in [3.8, 4) is 11.8 Å². The summed E-state index contributed by atoms with van der Waals surface area (Å²) in [7, 11) is 1.04. The van der Waals surface area contributed by atoms with E-state index in [1.54, 1.807) is 6.07 Å². The van der Waals surface area contributed by atoms with Gasteiger partial charge in [-0.05, 0) is 19.1 Å². The van der Waals surface area contributed by atoms with Crippen LogP contribution in [-0.4, -0.2) is 15.0 Å². The molecule has 1 aromatic carbocycles. The molecule has 0 saturated carbocycles. The van der Waals surface area contributed by atoms with Gasteiger partial charge < -0.3 is 4.74 Å². The molecule has 0 aromatic heterocycles. The molecule has 0 saturated heterocycles. The predicted molar refractivity (Wildman–Crippen MR) is 55.6 cm³/mol. The first-order chi connectivity index (χ1) is 7.77. The fourth-order valence-corrected chi connectivity index (χ4v) is 2.46. The highest BCUT2D eigenvalue weighted by Gasteiger charge is 2.21. The van der Waals surface area contributed by atoms with E-state index >= 15 is 0 Å². The van der Waals surface area contributed by atoms with Gasteiger partial charge >= 0.3 is 6.61 Å². The van der Waals surface area contributed by atoms with Crippen molar-refractivity contribution in [3.05, 3.63) is 23.3 Å². The van der Waals surface area contributed by atoms with Crippen LogP contribution in [0.15, 0.2) is 17.0 Å². The van der Waals surface area contributed by atoms with Crippen molar-refractivity contribution < 1.29 is 21.9 Å². The van der Waals surface area contributed by atoms with Crippen LogP contribution in [0, 0.1) is 18.3 Å². The molecule has 0 aliphatic heterocycles. The fraction of sp³-hybridized carbons (Fsp3) is 0.222. The van der Waals surface area contributed by atoms with Gasteiger partial charge in [-0.15, -0.1) is 0 Å². The number of ether oxygens (including phenoxy) is 1. The normalized spacial score (nSPS) is 11.3. The van der Waals surface area contributed by atoms with Crippen LogP contribution >= 0.6 is 10.7 Å². The molecule has 0 aliphatic carbocycles. The third-order valence-electron chi connectivity index (χ3n) is 1.95. The quantitative estimate of drug-likeness (QED) is 0.798. The van der Waals surface area contributed by atoms with E-state index in [0.29, 0.717) is 0 Å². The van der Waals surface area contributed by atoms with Gasteiger partial charge in [-0.3, -0.25) is 0 Å². The Labute approximate surface area is 101 Å². The van der Waals surface area contributed by atoms with Gasteiger partial charge in [-0.2, -0.15) is 14.0 Å². The number of benzene rings is 1. The Balaban J connectivity index is 3.50. The van der Waals surface area contributed by atoms with Crippen LogP contribution < -0.4 is 4.74 Å². The Morgan fingerprint density at radius 3 is 2.47 bits per heavy atom. The predicted octanol–water partition coefficient (Wildman–Crippen LogP) is 2.40. The average Bonchev–Trinajstić information content (AvgIpc) is 2.18. The largest absolute Gasteiger partial charge is 0.433 e. The van der Waals surface area contributed by atoms with E-state index in [-0.39, 0.29) is 16.0 Å². The summed E-state index contributed by atoms with van der Waals surface area (Å²) in [4.78, 5) is -0.367. The maximum Gasteiger partial charge on any atom is 0.387 e. The molecule has 0 bridgehead atoms. The lowest BCUT2D eigenvalue weighted by Gasteiger charge is -2.11. The summed E-state index contributed by atoms with van der Waals surface area (Å²) in [6, 6.07) is 3.74. The lowest BCUT2D eigenvalue weighted by atomic mass is 10.1. The number of hydrogen-bond donors (Lipinski definition) is 0. The van der Waals surface area contributed by atoms with Crippen LogP contribution in [-0.2, 0) is 9.05 Å². The molecule has 0 fully saturated rings. The molecule has 0 atom stereocenters. The number of halogens is 3. The maximum atomic E-state index is 12.1. The van der Waals surface area contributed by atoms with Crippen LogP contribution in [0.4, 0.5) is 8.78 Å². The van der Waals surface area contributed by atoms with Crippen molar-refractivity contribution in [1.82, 2.24) is 0 Å². The molecule has 0 amide bonds. The minimum Gasteiger partial charge on any atom is -0.433 e. The molecule has 0 aliphatic rings. The second kappa shape index (κ2) is 4.85. The number of nitrogens with zero attached hydrogens (tertiary/aromatic N) is 1. The van der Waals surface area contributed by atoms with Crippen LogP contribution in [0.25, 0.3) is 0 Å². The lowest BCUT2D eigenvalue weighted by Crippen LogP contribution is -2.07. The molecule has 4 nitrogen and oxygen atoms in total. The first-order valence-corrected chi connectivity index (χ1v) is 6.51. The number of hydrogen-bond acceptors (Lipinski definition) is 4. The van der Waals surface area contributed by atoms with E-state index in [4.69, 9.17) is 15.9 Å². The monoisotopic (exact) mass is 281 g/mol. The molecule has 0 heterocycles. The second-order valence-electron chi connectivity index (χ2n) is 2.99. The summed E-state index contributed by atoms with van der Waals surface area (Å²) in [5, 5.41) is 8.69. The first-order valence-electron chi connectivity index (χ1n) is 4.20. The maximum absolute atomic E-state index is 12.1. The number of alkyl halides is 2. The summed E-state index contributed by atoms with van der Waals surface area (Å²) >= 11 is 0. The van der Waals surface area contributed by atoms with E-state index < -0.39 is 21.4 Å². The molecule has 0 spiro atoms. The van der Waals surface area contributed by atoms with Gasteiger partial charge in [0.05, 0.1) is 10.5 Å². The van der Waals surface area contributed by atoms with Crippen molar-refractivity contribution in [3.63, 3.8) is 0 Å². The summed E-state index contributed by atoms with van der Waals surface area (Å²) in [5.74, 6) is -0.482. The van der Waals surface area contributed by atoms with Gasteiger partial charge in [-0.1, -0.05) is 0 Å². The summed E-state index contributed by atoms with van der Waals surface area (Å²) in [6.07, 6.45) is 0. The highest BCUT2D eigenvalue weighted by Crippen LogP contribution is 2.31. The zero-order chi connectivity index (χ0) is 13.2. The molecule has 8 heteroatoms. The average molecular weight is 282 g/mol. The third kappa shape index (κ3) is 3.05. The van der Waals surface area contributed by atoms with E-state index in [1.165, 1.54) is 6.92 Å². The highest BCUT2D eigenvalue weighted by atomic mass is 35.7. The van der Waals surface area contributed by atoms with Crippen molar-refractivity contribution in [2.45, 2.75) is 18.4 Å². The van der Waals surface area contributed by atoms with E-state index in [9.17, 15) is 17.2 Å². The lowest BCUT2D eigenvalue weighted by molar-refractivity contribution is -0.0506. The Kier molecular flexibility index (Phi) is 3.91. The van der Waals surface area contributed by atoms with E-state index in [1.807, 2.05) is 0 Å². The van der Waals surface area contributed by atoms with Gasteiger partial charge in [0.15, 0.2) is 0 Å². The highest BCUT2D eigenvalue weighted by molar-refractivity contribution is 8.13. The second-order valence-corrected chi connectivity index (χ2v) is 5.53. The summed E-state index contributed by atoms with van der Waals surface area (Å²) in [6.45, 7) is -1.93. The Hall–Kier alpha value is -1.39. The Morgan fingerprint density at radius 2 is 2.06 bits per heavy atom. The van der Waals surface area contributed by atoms with E-state index in [2.05, 4.69) is 4.74 Å². The Bertz CT molecular complexity index is 581. The van der Waals surface area contributed by atoms with Gasteiger partial charge in [0.1, 0.15) is 11.8 Å². The zero-order valence-electron chi connectivity index (χ0n) is 8.45. The SMILES string of the molecule is Cc1c(S(=O)(=O)Cl)ccc(C#N)c1OC(F)F. The van der Waals surface area contributed by atoms with Crippen molar-refractivity contribution >= 4 is 19.7 Å². The smallest absolute Gasteiger partial charge is 0.387 e. The standard InChI is InChI=1S/C9H6ClF2NO3S/c1-5-7(17(10,14)15)3-2-6(4-13)8(5)16-9(11)12/h2-3,9H,1H3. The molecular weight excluding hydrogens is 276 g/mol. The van der Waals surface area contributed by atoms with Gasteiger partial charge in [0, 0.05) is 16.2 Å². The van der Waals surface area contributed by atoms with Crippen LogP contribution in [0.1, 0.15) is 11.1 Å². The van der Waals surface area contributed by atoms with Crippen molar-refractivity contribution in [2.24, 2.45) is 0 Å². The minimum absolute atomic E-state index is 0.126. The van der Waals surface area contributed by atoms with Crippen LogP contribution in [0.2, 0.25) is 0 Å². The fourth-order valence-electron chi connectivity index (χ4n) is 1.27. The summed E-state index contributed by atoms with van der Waals surface area (Å²) < 4.78 is 50.6. The molecular formula is C9H6ClF2NO3S. The molecule has 17 heavy (non-hydrogen) atoms. The third-order valence-corrected chi connectivity index (χ3v) is 3.41. The van der Waals surface area contributed by atoms with Crippen molar-refractivity contribution in [2.75, 3.05) is 0 Å². The number of nitriles is 1. The van der Waals surface area contributed by atoms with E-state index in [0.717, 1.165) is 12.1 Å². The molecule has 1 aromatic rings. The molecule has 0 radical (unpaired) electrons. The topological polar surface area (TPSA) is 67.2 Å². The van der Waals surface area contributed by atoms with Crippen molar-refractivity contribution in [1.29, 1.82) is 5.26 Å². The molecule has 1 rings (SSSR count). The van der Waals surface area contributed by atoms with Gasteiger partial charge in [0.25, 0.3) is 9.05 Å². The Morgan fingerprint density at radius 1 is 1.47 bits per heavy atom. The molecule has 0 N–H and O–H groups in total. The van der Waals surface area contributed by atoms with Crippen LogP contribution in [0.5, 0.6) is 5.75 Å². The first kappa shape index (κ1) is 13.7. The zero-order valence-corrected chi connectivity index (χ0v) is 10.0. The van der Waals surface area contributed by atoms with Gasteiger partial charge in [-0.25, -0.2) is 8.42 Å². The minimum atomic E-state index is -4.08. The summed E-state index contributed by atoms with van der Waals surface area (Å²) in [5.41, 5.74) is -0.314. The van der Waals surface area contributed by atoms with Gasteiger partial charge in [0.2, 0.25) is 0 Å².